The van der Waals surface area contributed by atoms with Gasteiger partial charge in [-0.25, -0.2) is 0 Å². The molecule has 5 heteroatoms. The van der Waals surface area contributed by atoms with Gasteiger partial charge in [0.2, 0.25) is 0 Å². The van der Waals surface area contributed by atoms with Gasteiger partial charge < -0.3 is 9.26 Å². The van der Waals surface area contributed by atoms with Crippen molar-refractivity contribution in [2.24, 2.45) is 0 Å². The smallest absolute Gasteiger partial charge is 0.171 e. The highest BCUT2D eigenvalue weighted by Gasteiger charge is 2.11. The van der Waals surface area contributed by atoms with Crippen molar-refractivity contribution in [2.45, 2.75) is 25.7 Å². The molecule has 0 aliphatic rings. The third kappa shape index (κ3) is 4.39. The van der Waals surface area contributed by atoms with E-state index in [0.29, 0.717) is 0 Å². The van der Waals surface area contributed by atoms with E-state index in [4.69, 9.17) is 9.26 Å². The Hall–Kier alpha value is -1.33. The van der Waals surface area contributed by atoms with Crippen molar-refractivity contribution < 1.29 is 9.26 Å². The van der Waals surface area contributed by atoms with Crippen molar-refractivity contribution in [3.8, 4) is 17.0 Å². The van der Waals surface area contributed by atoms with E-state index in [-0.39, 0.29) is 0 Å². The monoisotopic (exact) mass is 451 g/mol. The Kier molecular flexibility index (Phi) is 6.32. The van der Waals surface area contributed by atoms with Crippen LogP contribution in [-0.4, -0.2) is 17.1 Å². The van der Waals surface area contributed by atoms with Crippen molar-refractivity contribution in [1.82, 2.24) is 5.16 Å². The van der Waals surface area contributed by atoms with Crippen LogP contribution in [0.25, 0.3) is 22.2 Å². The Balaban J connectivity index is 1.66. The van der Waals surface area contributed by atoms with Gasteiger partial charge in [-0.2, -0.15) is 0 Å². The van der Waals surface area contributed by atoms with Gasteiger partial charge in [0.15, 0.2) is 5.58 Å². The molecule has 0 N–H and O–H groups in total. The summed E-state index contributed by atoms with van der Waals surface area (Å²) in [5, 5.41) is 6.30. The summed E-state index contributed by atoms with van der Waals surface area (Å²) in [5.74, 6) is 0.835. The molecule has 0 bridgehead atoms. The lowest BCUT2D eigenvalue weighted by Crippen LogP contribution is -1.97. The number of rotatable bonds is 8. The fourth-order valence-corrected chi connectivity index (χ4v) is 3.22. The number of nitrogens with zero attached hydrogens (tertiary/aromatic N) is 1. The van der Waals surface area contributed by atoms with Crippen molar-refractivity contribution in [3.63, 3.8) is 0 Å². The van der Waals surface area contributed by atoms with Crippen LogP contribution in [0.1, 0.15) is 25.7 Å². The molecule has 1 aromatic heterocycles. The second kappa shape index (κ2) is 8.67. The third-order valence-electron chi connectivity index (χ3n) is 3.86. The maximum atomic E-state index is 5.82. The molecule has 0 saturated heterocycles. The molecule has 0 unspecified atom stereocenters. The molecule has 1 heterocycles. The lowest BCUT2D eigenvalue weighted by Gasteiger charge is -2.05. The van der Waals surface area contributed by atoms with Crippen LogP contribution < -0.4 is 4.74 Å². The number of halogens is 2. The van der Waals surface area contributed by atoms with E-state index in [9.17, 15) is 0 Å². The number of benzene rings is 2. The predicted octanol–water partition coefficient (Wildman–Crippen LogP) is 6.59. The molecule has 24 heavy (non-hydrogen) atoms. The van der Waals surface area contributed by atoms with Gasteiger partial charge in [-0.1, -0.05) is 62.0 Å². The normalized spacial score (nSPS) is 11.1. The minimum atomic E-state index is 0.738. The van der Waals surface area contributed by atoms with E-state index >= 15 is 0 Å². The average molecular weight is 453 g/mol. The summed E-state index contributed by atoms with van der Waals surface area (Å²) in [6.07, 6.45) is 4.74. The van der Waals surface area contributed by atoms with E-state index in [1.54, 1.807) is 0 Å². The largest absolute Gasteiger partial charge is 0.493 e. The van der Waals surface area contributed by atoms with Crippen LogP contribution in [0.15, 0.2) is 51.5 Å². The van der Waals surface area contributed by atoms with Gasteiger partial charge in [-0.05, 0) is 37.1 Å². The minimum absolute atomic E-state index is 0.738. The standard InChI is InChI=1S/C19H19Br2NO2/c20-11-3-1-2-4-12-23-16-9-10-17-18(13-16)24-22-19(17)14-5-7-15(21)8-6-14/h5-10,13H,1-4,11-12H2. The van der Waals surface area contributed by atoms with Crippen molar-refractivity contribution in [3.05, 3.63) is 46.9 Å². The van der Waals surface area contributed by atoms with Crippen LogP contribution in [-0.2, 0) is 0 Å². The van der Waals surface area contributed by atoms with Crippen LogP contribution in [0.3, 0.4) is 0 Å². The van der Waals surface area contributed by atoms with Crippen molar-refractivity contribution >= 4 is 42.8 Å². The molecule has 0 spiro atoms. The van der Waals surface area contributed by atoms with Crippen LogP contribution in [0.2, 0.25) is 0 Å². The number of hydrogen-bond donors (Lipinski definition) is 0. The van der Waals surface area contributed by atoms with Gasteiger partial charge in [0.05, 0.1) is 6.61 Å². The molecule has 0 amide bonds. The molecule has 0 aliphatic heterocycles. The second-order valence-electron chi connectivity index (χ2n) is 5.65. The van der Waals surface area contributed by atoms with Gasteiger partial charge in [-0.3, -0.25) is 0 Å². The molecular weight excluding hydrogens is 434 g/mol. The quantitative estimate of drug-likeness (QED) is 0.285. The molecule has 0 atom stereocenters. The first-order valence-electron chi connectivity index (χ1n) is 8.12. The van der Waals surface area contributed by atoms with E-state index in [1.165, 1.54) is 19.3 Å². The Morgan fingerprint density at radius 1 is 0.958 bits per heavy atom. The van der Waals surface area contributed by atoms with Gasteiger partial charge in [0, 0.05) is 26.8 Å². The van der Waals surface area contributed by atoms with Crippen LogP contribution in [0, 0.1) is 0 Å². The number of alkyl halides is 1. The number of hydrogen-bond acceptors (Lipinski definition) is 3. The van der Waals surface area contributed by atoms with Gasteiger partial charge in [-0.15, -0.1) is 0 Å². The Labute approximate surface area is 158 Å². The van der Waals surface area contributed by atoms with E-state index in [1.807, 2.05) is 42.5 Å². The first-order valence-corrected chi connectivity index (χ1v) is 10.0. The molecule has 0 fully saturated rings. The molecule has 2 aromatic carbocycles. The van der Waals surface area contributed by atoms with Crippen molar-refractivity contribution in [2.75, 3.05) is 11.9 Å². The van der Waals surface area contributed by atoms with E-state index in [2.05, 4.69) is 37.0 Å². The van der Waals surface area contributed by atoms with Crippen molar-refractivity contribution in [1.29, 1.82) is 0 Å². The maximum Gasteiger partial charge on any atom is 0.171 e. The predicted molar refractivity (Wildman–Crippen MR) is 105 cm³/mol. The number of aromatic nitrogens is 1. The zero-order valence-corrected chi connectivity index (χ0v) is 16.5. The fourth-order valence-electron chi connectivity index (χ4n) is 2.56. The molecule has 0 radical (unpaired) electrons. The van der Waals surface area contributed by atoms with Crippen LogP contribution in [0.5, 0.6) is 5.75 Å². The lowest BCUT2D eigenvalue weighted by atomic mass is 10.1. The molecular formula is C19H19Br2NO2. The fraction of sp³-hybridized carbons (Fsp3) is 0.316. The Morgan fingerprint density at radius 2 is 1.75 bits per heavy atom. The number of fused-ring (bicyclic) bond motifs is 1. The SMILES string of the molecule is BrCCCCCCOc1ccc2c(-c3ccc(Br)cc3)noc2c1. The molecule has 0 saturated carbocycles. The van der Waals surface area contributed by atoms with E-state index < -0.39 is 0 Å². The van der Waals surface area contributed by atoms with Crippen LogP contribution in [0.4, 0.5) is 0 Å². The first kappa shape index (κ1) is 17.5. The average Bonchev–Trinajstić information content (AvgIpc) is 3.02. The van der Waals surface area contributed by atoms with Crippen LogP contribution >= 0.6 is 31.9 Å². The zero-order valence-electron chi connectivity index (χ0n) is 13.3. The summed E-state index contributed by atoms with van der Waals surface area (Å²) in [5.41, 5.74) is 2.65. The first-order chi connectivity index (χ1) is 11.8. The van der Waals surface area contributed by atoms with E-state index in [0.717, 1.165) is 50.8 Å². The summed E-state index contributed by atoms with van der Waals surface area (Å²) < 4.78 is 12.4. The number of unbranched alkanes of at least 4 members (excludes halogenated alkanes) is 3. The summed E-state index contributed by atoms with van der Waals surface area (Å²) in [6.45, 7) is 0.738. The molecule has 3 rings (SSSR count). The Bertz CT molecular complexity index is 784. The maximum absolute atomic E-state index is 5.82. The summed E-state index contributed by atoms with van der Waals surface area (Å²) in [6, 6.07) is 14.0. The second-order valence-corrected chi connectivity index (χ2v) is 7.36. The van der Waals surface area contributed by atoms with Gasteiger partial charge in [0.1, 0.15) is 11.4 Å². The van der Waals surface area contributed by atoms with Gasteiger partial charge >= 0.3 is 0 Å². The highest BCUT2D eigenvalue weighted by atomic mass is 79.9. The number of ether oxygens (including phenoxy) is 1. The summed E-state index contributed by atoms with van der Waals surface area (Å²) >= 11 is 6.90. The Morgan fingerprint density at radius 3 is 2.54 bits per heavy atom. The highest BCUT2D eigenvalue weighted by Crippen LogP contribution is 2.31. The summed E-state index contributed by atoms with van der Waals surface area (Å²) in [4.78, 5) is 0. The highest BCUT2D eigenvalue weighted by molar-refractivity contribution is 9.10. The third-order valence-corrected chi connectivity index (χ3v) is 4.95. The molecule has 3 aromatic rings. The topological polar surface area (TPSA) is 35.3 Å². The lowest BCUT2D eigenvalue weighted by molar-refractivity contribution is 0.305. The van der Waals surface area contributed by atoms with Gasteiger partial charge in [0.25, 0.3) is 0 Å². The zero-order chi connectivity index (χ0) is 16.8. The summed E-state index contributed by atoms with van der Waals surface area (Å²) in [7, 11) is 0. The minimum Gasteiger partial charge on any atom is -0.493 e. The molecule has 3 nitrogen and oxygen atoms in total. The molecule has 126 valence electrons. The molecule has 0 aliphatic carbocycles.